The van der Waals surface area contributed by atoms with Gasteiger partial charge in [0.15, 0.2) is 11.6 Å². The summed E-state index contributed by atoms with van der Waals surface area (Å²) in [6, 6.07) is 3.52. The number of rotatable bonds is 3. The molecule has 19 heavy (non-hydrogen) atoms. The van der Waals surface area contributed by atoms with Gasteiger partial charge in [-0.1, -0.05) is 0 Å². The van der Waals surface area contributed by atoms with Crippen LogP contribution in [0, 0.1) is 5.82 Å². The van der Waals surface area contributed by atoms with Gasteiger partial charge in [-0.2, -0.15) is 0 Å². The zero-order chi connectivity index (χ0) is 14.0. The summed E-state index contributed by atoms with van der Waals surface area (Å²) in [4.78, 5) is 4.50. The molecular formula is C14H22FN3O. The fourth-order valence-corrected chi connectivity index (χ4v) is 2.37. The van der Waals surface area contributed by atoms with Gasteiger partial charge in [0.25, 0.3) is 0 Å². The zero-order valence-electron chi connectivity index (χ0n) is 11.8. The molecule has 1 fully saturated rings. The monoisotopic (exact) mass is 267 g/mol. The van der Waals surface area contributed by atoms with Gasteiger partial charge in [0.1, 0.15) is 0 Å². The Morgan fingerprint density at radius 2 is 2.16 bits per heavy atom. The van der Waals surface area contributed by atoms with Gasteiger partial charge >= 0.3 is 0 Å². The third-order valence-electron chi connectivity index (χ3n) is 3.68. The van der Waals surface area contributed by atoms with Gasteiger partial charge in [0.2, 0.25) is 0 Å². The summed E-state index contributed by atoms with van der Waals surface area (Å²) >= 11 is 0. The van der Waals surface area contributed by atoms with Crippen LogP contribution >= 0.6 is 0 Å². The molecule has 0 bridgehead atoms. The van der Waals surface area contributed by atoms with Crippen LogP contribution < -0.4 is 15.4 Å². The first-order valence-electron chi connectivity index (χ1n) is 6.70. The molecular weight excluding hydrogens is 245 g/mol. The highest BCUT2D eigenvalue weighted by Gasteiger charge is 2.23. The second-order valence-electron chi connectivity index (χ2n) is 5.05. The molecule has 0 spiro atoms. The van der Waals surface area contributed by atoms with Crippen molar-refractivity contribution in [2.45, 2.75) is 19.9 Å². The van der Waals surface area contributed by atoms with E-state index in [-0.39, 0.29) is 5.75 Å². The van der Waals surface area contributed by atoms with Crippen LogP contribution in [0.15, 0.2) is 12.1 Å². The Morgan fingerprint density at radius 1 is 1.42 bits per heavy atom. The average Bonchev–Trinajstić information content (AvgIpc) is 2.36. The van der Waals surface area contributed by atoms with E-state index in [1.165, 1.54) is 6.07 Å². The summed E-state index contributed by atoms with van der Waals surface area (Å²) in [6.45, 7) is 7.21. The largest absolute Gasteiger partial charge is 0.491 e. The molecule has 1 aliphatic rings. The standard InChI is InChI=1S/C14H22FN3O/c1-4-19-14-8-13(12(16)7-11(14)15)18-6-5-17(3)10(2)9-18/h7-8,10H,4-6,9,16H2,1-3H3. The lowest BCUT2D eigenvalue weighted by Gasteiger charge is -2.39. The van der Waals surface area contributed by atoms with Crippen molar-refractivity contribution in [3.05, 3.63) is 17.9 Å². The number of hydrogen-bond donors (Lipinski definition) is 1. The number of benzene rings is 1. The Balaban J connectivity index is 2.26. The molecule has 0 amide bonds. The third-order valence-corrected chi connectivity index (χ3v) is 3.68. The van der Waals surface area contributed by atoms with Crippen LogP contribution in [0.4, 0.5) is 15.8 Å². The lowest BCUT2D eigenvalue weighted by atomic mass is 10.1. The van der Waals surface area contributed by atoms with Crippen LogP contribution in [0.5, 0.6) is 5.75 Å². The lowest BCUT2D eigenvalue weighted by molar-refractivity contribution is 0.234. The van der Waals surface area contributed by atoms with Crippen LogP contribution in [0.2, 0.25) is 0 Å². The molecule has 1 aromatic rings. The topological polar surface area (TPSA) is 41.7 Å². The highest BCUT2D eigenvalue weighted by atomic mass is 19.1. The average molecular weight is 267 g/mol. The molecule has 1 unspecified atom stereocenters. The summed E-state index contributed by atoms with van der Waals surface area (Å²) in [5, 5.41) is 0. The van der Waals surface area contributed by atoms with Crippen LogP contribution in [0.25, 0.3) is 0 Å². The van der Waals surface area contributed by atoms with Crippen molar-refractivity contribution >= 4 is 11.4 Å². The number of ether oxygens (including phenoxy) is 1. The second kappa shape index (κ2) is 5.65. The molecule has 0 aromatic heterocycles. The molecule has 4 nitrogen and oxygen atoms in total. The molecule has 0 aliphatic carbocycles. The van der Waals surface area contributed by atoms with Crippen molar-refractivity contribution in [2.75, 3.05) is 43.9 Å². The van der Waals surface area contributed by atoms with Crippen molar-refractivity contribution in [2.24, 2.45) is 0 Å². The quantitative estimate of drug-likeness (QED) is 0.850. The van der Waals surface area contributed by atoms with Crippen molar-refractivity contribution in [3.8, 4) is 5.75 Å². The molecule has 5 heteroatoms. The van der Waals surface area contributed by atoms with E-state index >= 15 is 0 Å². The minimum absolute atomic E-state index is 0.276. The highest BCUT2D eigenvalue weighted by molar-refractivity contribution is 5.70. The Bertz CT molecular complexity index is 453. The maximum absolute atomic E-state index is 13.7. The van der Waals surface area contributed by atoms with Gasteiger partial charge in [-0.25, -0.2) is 4.39 Å². The second-order valence-corrected chi connectivity index (χ2v) is 5.05. The summed E-state index contributed by atoms with van der Waals surface area (Å²) in [5.41, 5.74) is 7.28. The van der Waals surface area contributed by atoms with E-state index in [0.29, 0.717) is 18.3 Å². The lowest BCUT2D eigenvalue weighted by Crippen LogP contribution is -2.50. The van der Waals surface area contributed by atoms with Crippen LogP contribution in [-0.4, -0.2) is 44.2 Å². The molecule has 0 saturated carbocycles. The van der Waals surface area contributed by atoms with Crippen molar-refractivity contribution in [3.63, 3.8) is 0 Å². The number of anilines is 2. The molecule has 2 N–H and O–H groups in total. The molecule has 1 saturated heterocycles. The van der Waals surface area contributed by atoms with E-state index in [9.17, 15) is 4.39 Å². The molecule has 1 aliphatic heterocycles. The van der Waals surface area contributed by atoms with Gasteiger partial charge in [0.05, 0.1) is 18.0 Å². The summed E-state index contributed by atoms with van der Waals surface area (Å²) in [7, 11) is 2.11. The van der Waals surface area contributed by atoms with Crippen LogP contribution in [0.1, 0.15) is 13.8 Å². The van der Waals surface area contributed by atoms with Crippen LogP contribution in [0.3, 0.4) is 0 Å². The molecule has 106 valence electrons. The maximum Gasteiger partial charge on any atom is 0.167 e. The minimum Gasteiger partial charge on any atom is -0.491 e. The summed E-state index contributed by atoms with van der Waals surface area (Å²) < 4.78 is 19.0. The number of piperazine rings is 1. The fourth-order valence-electron chi connectivity index (χ4n) is 2.37. The Morgan fingerprint density at radius 3 is 2.79 bits per heavy atom. The van der Waals surface area contributed by atoms with E-state index in [1.807, 2.05) is 6.92 Å². The summed E-state index contributed by atoms with van der Waals surface area (Å²) in [5.74, 6) is -0.122. The third kappa shape index (κ3) is 2.92. The SMILES string of the molecule is CCOc1cc(N2CCN(C)C(C)C2)c(N)cc1F. The van der Waals surface area contributed by atoms with Crippen molar-refractivity contribution < 1.29 is 9.13 Å². The molecule has 2 rings (SSSR count). The number of nitrogen functional groups attached to an aromatic ring is 1. The number of likely N-dealkylation sites (N-methyl/N-ethyl adjacent to an activating group) is 1. The van der Waals surface area contributed by atoms with E-state index < -0.39 is 5.82 Å². The van der Waals surface area contributed by atoms with Gasteiger partial charge in [-0.3, -0.25) is 0 Å². The molecule has 1 heterocycles. The van der Waals surface area contributed by atoms with Gasteiger partial charge in [0, 0.05) is 37.8 Å². The normalized spacial score (nSPS) is 20.6. The Hall–Kier alpha value is -1.49. The van der Waals surface area contributed by atoms with E-state index in [2.05, 4.69) is 23.8 Å². The van der Waals surface area contributed by atoms with Crippen LogP contribution in [-0.2, 0) is 0 Å². The predicted molar refractivity (Wildman–Crippen MR) is 76.3 cm³/mol. The number of hydrogen-bond acceptors (Lipinski definition) is 4. The minimum atomic E-state index is -0.398. The van der Waals surface area contributed by atoms with Crippen molar-refractivity contribution in [1.29, 1.82) is 0 Å². The van der Waals surface area contributed by atoms with Crippen molar-refractivity contribution in [1.82, 2.24) is 4.90 Å². The number of nitrogens with zero attached hydrogens (tertiary/aromatic N) is 2. The first-order chi connectivity index (χ1) is 9.02. The highest BCUT2D eigenvalue weighted by Crippen LogP contribution is 2.32. The maximum atomic E-state index is 13.7. The molecule has 1 atom stereocenters. The van der Waals surface area contributed by atoms with Gasteiger partial charge < -0.3 is 20.3 Å². The van der Waals surface area contributed by atoms with E-state index in [4.69, 9.17) is 10.5 Å². The Kier molecular flexibility index (Phi) is 4.14. The summed E-state index contributed by atoms with van der Waals surface area (Å²) in [6.07, 6.45) is 0. The predicted octanol–water partition coefficient (Wildman–Crippen LogP) is 1.95. The fraction of sp³-hybridized carbons (Fsp3) is 0.571. The smallest absolute Gasteiger partial charge is 0.167 e. The van der Waals surface area contributed by atoms with Gasteiger partial charge in [-0.05, 0) is 20.9 Å². The Labute approximate surface area is 113 Å². The first-order valence-corrected chi connectivity index (χ1v) is 6.70. The van der Waals surface area contributed by atoms with Gasteiger partial charge in [-0.15, -0.1) is 0 Å². The van der Waals surface area contributed by atoms with E-state index in [0.717, 1.165) is 25.3 Å². The molecule has 1 aromatic carbocycles. The number of halogens is 1. The zero-order valence-corrected chi connectivity index (χ0v) is 11.8. The number of nitrogens with two attached hydrogens (primary N) is 1. The first kappa shape index (κ1) is 13.9. The molecule has 0 radical (unpaired) electrons. The van der Waals surface area contributed by atoms with E-state index in [1.54, 1.807) is 6.07 Å².